The molecule has 26 heavy (non-hydrogen) atoms. The summed E-state index contributed by atoms with van der Waals surface area (Å²) in [6, 6.07) is 7.97. The number of benzene rings is 1. The maximum atomic E-state index is 11.4. The second-order valence-electron chi connectivity index (χ2n) is 6.57. The molecule has 8 heteroatoms. The van der Waals surface area contributed by atoms with Crippen LogP contribution in [0.2, 0.25) is 0 Å². The van der Waals surface area contributed by atoms with Crippen molar-refractivity contribution in [1.82, 2.24) is 29.9 Å². The second kappa shape index (κ2) is 5.55. The lowest BCUT2D eigenvalue weighted by molar-refractivity contribution is -0.119. The van der Waals surface area contributed by atoms with Gasteiger partial charge in [-0.1, -0.05) is 0 Å². The molecule has 3 N–H and O–H groups in total. The fraction of sp³-hybridized carbons (Fsp3) is 0.222. The molecular formula is C18H17N7O. The molecule has 0 saturated carbocycles. The van der Waals surface area contributed by atoms with Gasteiger partial charge in [-0.3, -0.25) is 9.48 Å². The summed E-state index contributed by atoms with van der Waals surface area (Å²) in [4.78, 5) is 15.9. The highest BCUT2D eigenvalue weighted by Crippen LogP contribution is 2.28. The Morgan fingerprint density at radius 2 is 2.23 bits per heavy atom. The van der Waals surface area contributed by atoms with Crippen molar-refractivity contribution in [1.29, 1.82) is 0 Å². The molecule has 3 aromatic heterocycles. The topological polar surface area (TPSA) is 104 Å². The van der Waals surface area contributed by atoms with E-state index in [9.17, 15) is 4.79 Å². The summed E-state index contributed by atoms with van der Waals surface area (Å²) in [6.07, 6.45) is 7.01. The third-order valence-corrected chi connectivity index (χ3v) is 4.78. The smallest absolute Gasteiger partial charge is 0.220 e. The predicted molar refractivity (Wildman–Crippen MR) is 97.7 cm³/mol. The quantitative estimate of drug-likeness (QED) is 0.586. The minimum atomic E-state index is 0.101. The van der Waals surface area contributed by atoms with Gasteiger partial charge < -0.3 is 11.1 Å². The normalized spacial score (nSPS) is 17.2. The van der Waals surface area contributed by atoms with E-state index in [1.54, 1.807) is 10.9 Å². The van der Waals surface area contributed by atoms with Crippen LogP contribution < -0.4 is 11.1 Å². The highest BCUT2D eigenvalue weighted by Gasteiger charge is 2.22. The molecule has 8 nitrogen and oxygen atoms in total. The fourth-order valence-electron chi connectivity index (χ4n) is 3.53. The zero-order valence-electron chi connectivity index (χ0n) is 14.0. The number of anilines is 1. The van der Waals surface area contributed by atoms with Crippen LogP contribution in [-0.4, -0.2) is 36.5 Å². The number of hydrogen-bond donors (Lipinski definition) is 2. The largest absolute Gasteiger partial charge is 0.382 e. The molecule has 0 radical (unpaired) electrons. The highest BCUT2D eigenvalue weighted by atomic mass is 16.1. The molecule has 4 aromatic rings. The molecule has 0 unspecified atom stereocenters. The van der Waals surface area contributed by atoms with Gasteiger partial charge in [0.1, 0.15) is 5.52 Å². The van der Waals surface area contributed by atoms with Crippen molar-refractivity contribution in [3.8, 4) is 5.69 Å². The van der Waals surface area contributed by atoms with Crippen LogP contribution in [0, 0.1) is 0 Å². The van der Waals surface area contributed by atoms with Gasteiger partial charge in [0, 0.05) is 41.8 Å². The SMILES string of the molecule is Nc1nc2cc(-n3cccn3)ccc2c2cn(C[C@H]3CCC(=O)N3)nc12. The average Bonchev–Trinajstić information content (AvgIpc) is 3.36. The van der Waals surface area contributed by atoms with Gasteiger partial charge in [0.05, 0.1) is 17.7 Å². The van der Waals surface area contributed by atoms with Gasteiger partial charge in [-0.05, 0) is 30.7 Å². The van der Waals surface area contributed by atoms with Crippen LogP contribution in [0.3, 0.4) is 0 Å². The van der Waals surface area contributed by atoms with E-state index in [2.05, 4.69) is 20.5 Å². The Bertz CT molecular complexity index is 1130. The van der Waals surface area contributed by atoms with Crippen LogP contribution >= 0.6 is 0 Å². The van der Waals surface area contributed by atoms with Crippen molar-refractivity contribution >= 4 is 33.5 Å². The number of carbonyl (C=O) groups excluding carboxylic acids is 1. The molecule has 0 bridgehead atoms. The van der Waals surface area contributed by atoms with E-state index in [0.717, 1.165) is 28.4 Å². The standard InChI is InChI=1S/C18H17N7O/c19-18-17-14(10-24(23-17)9-11-2-5-16(26)21-11)13-4-3-12(8-15(13)22-18)25-7-1-6-20-25/h1,3-4,6-8,10-11H,2,5,9H2,(H2,19,22)(H,21,26)/t11-/m1/s1. The molecule has 0 aliphatic carbocycles. The van der Waals surface area contributed by atoms with Crippen molar-refractivity contribution in [2.24, 2.45) is 0 Å². The summed E-state index contributed by atoms with van der Waals surface area (Å²) in [5.41, 5.74) is 8.57. The number of carbonyl (C=O) groups is 1. The second-order valence-corrected chi connectivity index (χ2v) is 6.57. The molecular weight excluding hydrogens is 330 g/mol. The van der Waals surface area contributed by atoms with Gasteiger partial charge in [-0.15, -0.1) is 0 Å². The first kappa shape index (κ1) is 14.9. The Morgan fingerprint density at radius 3 is 3.00 bits per heavy atom. The molecule has 4 heterocycles. The molecule has 1 atom stereocenters. The number of rotatable bonds is 3. The first-order valence-electron chi connectivity index (χ1n) is 8.53. The van der Waals surface area contributed by atoms with Crippen molar-refractivity contribution in [3.05, 3.63) is 42.9 Å². The van der Waals surface area contributed by atoms with Crippen molar-refractivity contribution in [2.45, 2.75) is 25.4 Å². The molecule has 130 valence electrons. The van der Waals surface area contributed by atoms with Gasteiger partial charge in [-0.25, -0.2) is 9.67 Å². The number of nitrogens with one attached hydrogen (secondary N) is 1. The minimum Gasteiger partial charge on any atom is -0.382 e. The molecule has 1 aliphatic rings. The third-order valence-electron chi connectivity index (χ3n) is 4.78. The van der Waals surface area contributed by atoms with Crippen LogP contribution in [0.5, 0.6) is 0 Å². The summed E-state index contributed by atoms with van der Waals surface area (Å²) in [5.74, 6) is 0.504. The van der Waals surface area contributed by atoms with E-state index in [-0.39, 0.29) is 11.9 Å². The lowest BCUT2D eigenvalue weighted by Crippen LogP contribution is -2.29. The van der Waals surface area contributed by atoms with Gasteiger partial charge >= 0.3 is 0 Å². The molecule has 1 aliphatic heterocycles. The van der Waals surface area contributed by atoms with Crippen molar-refractivity contribution < 1.29 is 4.79 Å². The molecule has 1 aromatic carbocycles. The van der Waals surface area contributed by atoms with Crippen molar-refractivity contribution in [2.75, 3.05) is 5.73 Å². The number of aromatic nitrogens is 5. The minimum absolute atomic E-state index is 0.101. The summed E-state index contributed by atoms with van der Waals surface area (Å²) in [7, 11) is 0. The highest BCUT2D eigenvalue weighted by molar-refractivity contribution is 6.08. The number of hydrogen-bond acceptors (Lipinski definition) is 5. The van der Waals surface area contributed by atoms with Gasteiger partial charge in [-0.2, -0.15) is 10.2 Å². The Morgan fingerprint density at radius 1 is 1.31 bits per heavy atom. The molecule has 0 spiro atoms. The average molecular weight is 347 g/mol. The Hall–Kier alpha value is -3.42. The maximum absolute atomic E-state index is 11.4. The monoisotopic (exact) mass is 347 g/mol. The van der Waals surface area contributed by atoms with Crippen LogP contribution in [0.25, 0.3) is 27.5 Å². The van der Waals surface area contributed by atoms with Crippen LogP contribution in [0.1, 0.15) is 12.8 Å². The molecule has 1 fully saturated rings. The zero-order valence-corrected chi connectivity index (χ0v) is 14.0. The number of nitrogen functional groups attached to an aromatic ring is 1. The van der Waals surface area contributed by atoms with E-state index in [0.29, 0.717) is 24.3 Å². The summed E-state index contributed by atoms with van der Waals surface area (Å²) in [6.45, 7) is 0.632. The molecule has 5 rings (SSSR count). The van der Waals surface area contributed by atoms with E-state index in [1.807, 2.05) is 41.3 Å². The van der Waals surface area contributed by atoms with Crippen LogP contribution in [0.4, 0.5) is 5.82 Å². The maximum Gasteiger partial charge on any atom is 0.220 e. The number of pyridine rings is 1. The third kappa shape index (κ3) is 2.38. The van der Waals surface area contributed by atoms with Gasteiger partial charge in [0.15, 0.2) is 5.82 Å². The number of nitrogens with two attached hydrogens (primary N) is 1. The van der Waals surface area contributed by atoms with E-state index >= 15 is 0 Å². The lowest BCUT2D eigenvalue weighted by Gasteiger charge is -2.08. The fourth-order valence-corrected chi connectivity index (χ4v) is 3.53. The summed E-state index contributed by atoms with van der Waals surface area (Å²) < 4.78 is 3.63. The molecule has 1 saturated heterocycles. The number of nitrogens with zero attached hydrogens (tertiary/aromatic N) is 5. The number of amides is 1. The lowest BCUT2D eigenvalue weighted by atomic mass is 10.1. The summed E-state index contributed by atoms with van der Waals surface area (Å²) in [5, 5.41) is 13.8. The van der Waals surface area contributed by atoms with E-state index in [4.69, 9.17) is 5.73 Å². The Balaban J connectivity index is 1.59. The first-order valence-corrected chi connectivity index (χ1v) is 8.53. The predicted octanol–water partition coefficient (Wildman–Crippen LogP) is 1.63. The van der Waals surface area contributed by atoms with Gasteiger partial charge in [0.25, 0.3) is 0 Å². The van der Waals surface area contributed by atoms with Crippen LogP contribution in [-0.2, 0) is 11.3 Å². The number of fused-ring (bicyclic) bond motifs is 3. The van der Waals surface area contributed by atoms with E-state index < -0.39 is 0 Å². The first-order chi connectivity index (χ1) is 12.7. The van der Waals surface area contributed by atoms with Crippen LogP contribution in [0.15, 0.2) is 42.9 Å². The van der Waals surface area contributed by atoms with Crippen molar-refractivity contribution in [3.63, 3.8) is 0 Å². The zero-order chi connectivity index (χ0) is 17.7. The summed E-state index contributed by atoms with van der Waals surface area (Å²) >= 11 is 0. The van der Waals surface area contributed by atoms with Gasteiger partial charge in [0.2, 0.25) is 5.91 Å². The molecule has 1 amide bonds. The Labute approximate surface area is 148 Å². The Kier molecular flexibility index (Phi) is 3.18. The van der Waals surface area contributed by atoms with E-state index in [1.165, 1.54) is 0 Å².